The first-order valence-electron chi connectivity index (χ1n) is 6.06. The molecule has 2 aromatic heterocycles. The normalized spacial score (nSPS) is 12.7. The third kappa shape index (κ3) is 1.80. The van der Waals surface area contributed by atoms with Crippen LogP contribution in [0, 0.1) is 6.92 Å². The second kappa shape index (κ2) is 4.54. The average molecular weight is 272 g/mol. The van der Waals surface area contributed by atoms with Gasteiger partial charge in [0.15, 0.2) is 5.76 Å². The van der Waals surface area contributed by atoms with Crippen molar-refractivity contribution in [1.29, 1.82) is 0 Å². The third-order valence-corrected chi connectivity index (χ3v) is 3.27. The molecule has 3 rings (SSSR count). The summed E-state index contributed by atoms with van der Waals surface area (Å²) in [6.45, 7) is 1.72. The molecule has 0 radical (unpaired) electrons. The number of aromatic carboxylic acids is 1. The number of furan rings is 2. The van der Waals surface area contributed by atoms with Crippen LogP contribution in [0.5, 0.6) is 0 Å². The maximum atomic E-state index is 11.1. The van der Waals surface area contributed by atoms with Gasteiger partial charge in [-0.15, -0.1) is 0 Å². The number of hydrogen-bond acceptors (Lipinski definition) is 4. The number of aliphatic hydroxyl groups is 1. The van der Waals surface area contributed by atoms with E-state index in [0.717, 1.165) is 5.39 Å². The SMILES string of the molecule is Cc1oc2ccccc2c1C(O)c1occc1C(=O)O. The van der Waals surface area contributed by atoms with E-state index in [-0.39, 0.29) is 11.3 Å². The Morgan fingerprint density at radius 2 is 2.00 bits per heavy atom. The highest BCUT2D eigenvalue weighted by molar-refractivity contribution is 5.89. The predicted molar refractivity (Wildman–Crippen MR) is 70.7 cm³/mol. The van der Waals surface area contributed by atoms with Crippen molar-refractivity contribution in [2.24, 2.45) is 0 Å². The first kappa shape index (κ1) is 12.5. The molecule has 0 fully saturated rings. The lowest BCUT2D eigenvalue weighted by Crippen LogP contribution is -2.06. The largest absolute Gasteiger partial charge is 0.478 e. The summed E-state index contributed by atoms with van der Waals surface area (Å²) in [6.07, 6.45) is 0.0688. The zero-order valence-corrected chi connectivity index (χ0v) is 10.7. The van der Waals surface area contributed by atoms with Gasteiger partial charge < -0.3 is 19.0 Å². The first-order valence-corrected chi connectivity index (χ1v) is 6.06. The summed E-state index contributed by atoms with van der Waals surface area (Å²) >= 11 is 0. The summed E-state index contributed by atoms with van der Waals surface area (Å²) in [5.41, 5.74) is 1.11. The molecule has 102 valence electrons. The molecule has 0 saturated heterocycles. The Morgan fingerprint density at radius 3 is 2.75 bits per heavy atom. The molecule has 20 heavy (non-hydrogen) atoms. The molecular formula is C15H12O5. The molecular weight excluding hydrogens is 260 g/mol. The smallest absolute Gasteiger partial charge is 0.339 e. The maximum absolute atomic E-state index is 11.1. The molecule has 0 saturated carbocycles. The van der Waals surface area contributed by atoms with Crippen molar-refractivity contribution in [3.63, 3.8) is 0 Å². The number of hydrogen-bond donors (Lipinski definition) is 2. The number of carboxylic acids is 1. The van der Waals surface area contributed by atoms with E-state index < -0.39 is 12.1 Å². The van der Waals surface area contributed by atoms with Crippen molar-refractivity contribution in [2.45, 2.75) is 13.0 Å². The molecule has 2 N–H and O–H groups in total. The number of fused-ring (bicyclic) bond motifs is 1. The van der Waals surface area contributed by atoms with E-state index in [1.165, 1.54) is 12.3 Å². The molecule has 0 amide bonds. The fourth-order valence-corrected chi connectivity index (χ4v) is 2.37. The van der Waals surface area contributed by atoms with Gasteiger partial charge in [-0.1, -0.05) is 18.2 Å². The third-order valence-electron chi connectivity index (χ3n) is 3.27. The summed E-state index contributed by atoms with van der Waals surface area (Å²) in [7, 11) is 0. The zero-order chi connectivity index (χ0) is 14.3. The van der Waals surface area contributed by atoms with Gasteiger partial charge in [0.2, 0.25) is 0 Å². The molecule has 5 heteroatoms. The van der Waals surface area contributed by atoms with Crippen LogP contribution in [0.4, 0.5) is 0 Å². The van der Waals surface area contributed by atoms with Crippen molar-refractivity contribution in [1.82, 2.24) is 0 Å². The van der Waals surface area contributed by atoms with Crippen LogP contribution in [0.3, 0.4) is 0 Å². The Labute approximate surface area is 114 Å². The summed E-state index contributed by atoms with van der Waals surface area (Å²) < 4.78 is 10.7. The van der Waals surface area contributed by atoms with Crippen LogP contribution in [0.25, 0.3) is 11.0 Å². The van der Waals surface area contributed by atoms with Crippen molar-refractivity contribution < 1.29 is 23.8 Å². The van der Waals surface area contributed by atoms with Gasteiger partial charge >= 0.3 is 5.97 Å². The zero-order valence-electron chi connectivity index (χ0n) is 10.7. The van der Waals surface area contributed by atoms with E-state index in [2.05, 4.69) is 0 Å². The van der Waals surface area contributed by atoms with Crippen molar-refractivity contribution in [3.05, 3.63) is 59.2 Å². The molecule has 0 aliphatic rings. The fourth-order valence-electron chi connectivity index (χ4n) is 2.37. The van der Waals surface area contributed by atoms with Gasteiger partial charge in [0, 0.05) is 10.9 Å². The second-order valence-corrected chi connectivity index (χ2v) is 4.47. The number of benzene rings is 1. The summed E-state index contributed by atoms with van der Waals surface area (Å²) in [5.74, 6) is -0.600. The number of para-hydroxylation sites is 1. The Morgan fingerprint density at radius 1 is 1.25 bits per heavy atom. The van der Waals surface area contributed by atoms with Crippen molar-refractivity contribution >= 4 is 16.9 Å². The van der Waals surface area contributed by atoms with E-state index >= 15 is 0 Å². The molecule has 2 heterocycles. The van der Waals surface area contributed by atoms with Gasteiger partial charge in [0.25, 0.3) is 0 Å². The Kier molecular flexibility index (Phi) is 2.84. The van der Waals surface area contributed by atoms with Crippen LogP contribution in [-0.4, -0.2) is 16.2 Å². The second-order valence-electron chi connectivity index (χ2n) is 4.47. The van der Waals surface area contributed by atoms with Gasteiger partial charge in [0.05, 0.1) is 6.26 Å². The Hall–Kier alpha value is -2.53. The maximum Gasteiger partial charge on any atom is 0.339 e. The summed E-state index contributed by atoms with van der Waals surface area (Å²) in [4.78, 5) is 11.1. The number of rotatable bonds is 3. The standard InChI is InChI=1S/C15H12O5/c1-8-12(9-4-2-3-5-11(9)20-8)13(16)14-10(15(17)18)6-7-19-14/h2-7,13,16H,1H3,(H,17,18). The lowest BCUT2D eigenvalue weighted by Gasteiger charge is -2.08. The number of aryl methyl sites for hydroxylation is 1. The summed E-state index contributed by atoms with van der Waals surface area (Å²) in [6, 6.07) is 8.58. The van der Waals surface area contributed by atoms with Crippen LogP contribution in [0.15, 0.2) is 45.4 Å². The van der Waals surface area contributed by atoms with Crippen LogP contribution >= 0.6 is 0 Å². The number of carboxylic acid groups (broad SMARTS) is 1. The van der Waals surface area contributed by atoms with Gasteiger partial charge in [-0.25, -0.2) is 4.79 Å². The first-order chi connectivity index (χ1) is 9.59. The van der Waals surface area contributed by atoms with Crippen LogP contribution in [0.2, 0.25) is 0 Å². The molecule has 1 aromatic carbocycles. The highest BCUT2D eigenvalue weighted by atomic mass is 16.4. The number of aliphatic hydroxyl groups excluding tert-OH is 1. The molecule has 0 aliphatic heterocycles. The van der Waals surface area contributed by atoms with Crippen molar-refractivity contribution in [3.8, 4) is 0 Å². The summed E-state index contributed by atoms with van der Waals surface area (Å²) in [5, 5.41) is 20.3. The lowest BCUT2D eigenvalue weighted by atomic mass is 10.0. The molecule has 3 aromatic rings. The van der Waals surface area contributed by atoms with Gasteiger partial charge in [-0.05, 0) is 19.1 Å². The highest BCUT2D eigenvalue weighted by Gasteiger charge is 2.27. The molecule has 0 aliphatic carbocycles. The minimum absolute atomic E-state index is 0.00662. The van der Waals surface area contributed by atoms with Crippen LogP contribution in [-0.2, 0) is 0 Å². The Balaban J connectivity index is 2.17. The number of carbonyl (C=O) groups is 1. The Bertz CT molecular complexity index is 781. The highest BCUT2D eigenvalue weighted by Crippen LogP contribution is 2.35. The minimum Gasteiger partial charge on any atom is -0.478 e. The van der Waals surface area contributed by atoms with E-state index in [9.17, 15) is 9.90 Å². The molecule has 0 bridgehead atoms. The average Bonchev–Trinajstić information content (AvgIpc) is 3.01. The van der Waals surface area contributed by atoms with E-state index in [4.69, 9.17) is 13.9 Å². The van der Waals surface area contributed by atoms with Gasteiger partial charge in [0.1, 0.15) is 23.0 Å². The topological polar surface area (TPSA) is 83.8 Å². The van der Waals surface area contributed by atoms with Gasteiger partial charge in [-0.2, -0.15) is 0 Å². The van der Waals surface area contributed by atoms with E-state index in [0.29, 0.717) is 16.9 Å². The van der Waals surface area contributed by atoms with Crippen LogP contribution < -0.4 is 0 Å². The van der Waals surface area contributed by atoms with Crippen LogP contribution in [0.1, 0.15) is 33.5 Å². The minimum atomic E-state index is -1.18. The van der Waals surface area contributed by atoms with Crippen molar-refractivity contribution in [2.75, 3.05) is 0 Å². The molecule has 0 spiro atoms. The van der Waals surface area contributed by atoms with Gasteiger partial charge in [-0.3, -0.25) is 0 Å². The quantitative estimate of drug-likeness (QED) is 0.765. The fraction of sp³-hybridized carbons (Fsp3) is 0.133. The molecule has 5 nitrogen and oxygen atoms in total. The lowest BCUT2D eigenvalue weighted by molar-refractivity contribution is 0.0687. The molecule has 1 atom stereocenters. The van der Waals surface area contributed by atoms with E-state index in [1.807, 2.05) is 18.2 Å². The monoisotopic (exact) mass is 272 g/mol. The predicted octanol–water partition coefficient (Wildman–Crippen LogP) is 3.11. The van der Waals surface area contributed by atoms with E-state index in [1.54, 1.807) is 13.0 Å². The molecule has 1 unspecified atom stereocenters.